The van der Waals surface area contributed by atoms with Gasteiger partial charge in [0.1, 0.15) is 0 Å². The first-order valence-corrected chi connectivity index (χ1v) is 15.0. The Morgan fingerprint density at radius 3 is 2.00 bits per heavy atom. The predicted molar refractivity (Wildman–Crippen MR) is 147 cm³/mol. The number of hydrogen-bond donors (Lipinski definition) is 2. The summed E-state index contributed by atoms with van der Waals surface area (Å²) < 4.78 is 105. The highest BCUT2D eigenvalue weighted by atomic mass is 32.2. The Morgan fingerprint density at radius 2 is 1.49 bits per heavy atom. The van der Waals surface area contributed by atoms with Crippen LogP contribution in [0.15, 0.2) is 83.8 Å². The number of urea groups is 1. The van der Waals surface area contributed by atoms with Crippen LogP contribution in [0.4, 0.5) is 31.1 Å². The van der Waals surface area contributed by atoms with Gasteiger partial charge in [0.25, 0.3) is 5.60 Å². The number of carbonyl (C=O) groups is 1. The minimum atomic E-state index is -6.00. The van der Waals surface area contributed by atoms with Crippen LogP contribution in [-0.4, -0.2) is 55.7 Å². The first kappa shape index (κ1) is 32.3. The maximum atomic E-state index is 13.4. The highest BCUT2D eigenvalue weighted by Gasteiger charge is 2.71. The second-order valence-corrected chi connectivity index (χ2v) is 13.0. The highest BCUT2D eigenvalue weighted by molar-refractivity contribution is 7.91. The lowest BCUT2D eigenvalue weighted by molar-refractivity contribution is -0.376. The van der Waals surface area contributed by atoms with Gasteiger partial charge in [-0.2, -0.15) is 26.3 Å². The molecular formula is C30H30F6N2O4S. The first-order chi connectivity index (χ1) is 19.9. The lowest BCUT2D eigenvalue weighted by atomic mass is 9.71. The molecule has 1 heterocycles. The normalized spacial score (nSPS) is 19.8. The molecule has 0 bridgehead atoms. The third kappa shape index (κ3) is 6.10. The fraction of sp³-hybridized carbons (Fsp3) is 0.367. The zero-order chi connectivity index (χ0) is 31.8. The number of aliphatic hydroxyl groups is 1. The third-order valence-corrected chi connectivity index (χ3v) is 9.82. The summed E-state index contributed by atoms with van der Waals surface area (Å²) >= 11 is 0. The van der Waals surface area contributed by atoms with Crippen molar-refractivity contribution in [1.29, 1.82) is 0 Å². The van der Waals surface area contributed by atoms with Crippen LogP contribution in [-0.2, 0) is 27.4 Å². The van der Waals surface area contributed by atoms with Crippen molar-refractivity contribution in [3.8, 4) is 0 Å². The van der Waals surface area contributed by atoms with Crippen LogP contribution < -0.4 is 5.32 Å². The molecule has 1 saturated heterocycles. The van der Waals surface area contributed by atoms with Crippen LogP contribution in [0.3, 0.4) is 0 Å². The van der Waals surface area contributed by atoms with Crippen molar-refractivity contribution >= 4 is 15.9 Å². The largest absolute Gasteiger partial charge is 0.430 e. The molecule has 2 atom stereocenters. The Morgan fingerprint density at radius 1 is 0.930 bits per heavy atom. The number of hydrogen-bond acceptors (Lipinski definition) is 4. The van der Waals surface area contributed by atoms with E-state index in [1.54, 1.807) is 30.3 Å². The van der Waals surface area contributed by atoms with Crippen LogP contribution in [0.1, 0.15) is 42.0 Å². The molecule has 2 amide bonds. The number of carbonyl (C=O) groups excluding carboxylic acids is 1. The molecule has 0 unspecified atom stereocenters. The number of nitrogens with zero attached hydrogens (tertiary/aromatic N) is 1. The molecule has 0 aliphatic carbocycles. The summed E-state index contributed by atoms with van der Waals surface area (Å²) in [6, 6.07) is 18.2. The van der Waals surface area contributed by atoms with Crippen LogP contribution in [0.2, 0.25) is 0 Å². The number of halogens is 6. The number of amides is 2. The number of sulfone groups is 1. The number of likely N-dealkylation sites (tertiary alicyclic amines) is 1. The van der Waals surface area contributed by atoms with Crippen LogP contribution in [0.5, 0.6) is 0 Å². The van der Waals surface area contributed by atoms with E-state index in [-0.39, 0.29) is 30.3 Å². The zero-order valence-electron chi connectivity index (χ0n) is 23.2. The molecule has 43 heavy (non-hydrogen) atoms. The van der Waals surface area contributed by atoms with Gasteiger partial charge in [-0.3, -0.25) is 0 Å². The van der Waals surface area contributed by atoms with Crippen molar-refractivity contribution in [2.24, 2.45) is 0 Å². The maximum absolute atomic E-state index is 13.4. The van der Waals surface area contributed by atoms with Crippen molar-refractivity contribution in [2.45, 2.75) is 54.6 Å². The summed E-state index contributed by atoms with van der Waals surface area (Å²) in [6.45, 7) is 3.79. The van der Waals surface area contributed by atoms with E-state index in [0.717, 1.165) is 17.7 Å². The second kappa shape index (κ2) is 11.5. The molecule has 0 aromatic heterocycles. The number of alkyl halides is 6. The lowest BCUT2D eigenvalue weighted by Crippen LogP contribution is -2.53. The Bertz CT molecular complexity index is 1530. The van der Waals surface area contributed by atoms with Crippen LogP contribution >= 0.6 is 0 Å². The SMILES string of the molecule is CCS(=O)(=O)c1ccc(CNC(=O)N2C[C@H](c3ccc(C(O)(C(F)(F)F)C(F)(F)F)cc3)[C@](C)(c3ccccc3)C2)cc1. The smallest absolute Gasteiger partial charge is 0.369 e. The minimum Gasteiger partial charge on any atom is -0.369 e. The molecular weight excluding hydrogens is 598 g/mol. The summed E-state index contributed by atoms with van der Waals surface area (Å²) in [5.41, 5.74) is -5.30. The van der Waals surface area contributed by atoms with Crippen LogP contribution in [0.25, 0.3) is 0 Å². The van der Waals surface area contributed by atoms with Crippen LogP contribution in [0, 0.1) is 0 Å². The van der Waals surface area contributed by atoms with Gasteiger partial charge < -0.3 is 15.3 Å². The quantitative estimate of drug-likeness (QED) is 0.312. The van der Waals surface area contributed by atoms with Crippen molar-refractivity contribution in [2.75, 3.05) is 18.8 Å². The fourth-order valence-electron chi connectivity index (χ4n) is 5.45. The topological polar surface area (TPSA) is 86.7 Å². The number of nitrogens with one attached hydrogen (secondary N) is 1. The van der Waals surface area contributed by atoms with Crippen molar-refractivity contribution in [1.82, 2.24) is 10.2 Å². The molecule has 4 rings (SSSR count). The molecule has 1 aliphatic rings. The van der Waals surface area contributed by atoms with Gasteiger partial charge in [-0.25, -0.2) is 13.2 Å². The molecule has 6 nitrogen and oxygen atoms in total. The van der Waals surface area contributed by atoms with E-state index in [4.69, 9.17) is 0 Å². The van der Waals surface area contributed by atoms with Crippen molar-refractivity contribution in [3.05, 3.63) is 101 Å². The van der Waals surface area contributed by atoms with E-state index in [1.165, 1.54) is 24.0 Å². The molecule has 3 aromatic rings. The van der Waals surface area contributed by atoms with E-state index in [9.17, 15) is 44.7 Å². The molecule has 0 spiro atoms. The standard InChI is InChI=1S/C30H30F6N2O4S/c1-3-43(41,42)24-15-9-20(10-16-24)17-37-26(39)38-18-25(27(2,19-38)22-7-5-4-6-8-22)21-11-13-23(14-12-21)28(40,29(31,32)33)30(34,35)36/h4-16,25,40H,3,17-19H2,1-2H3,(H,37,39)/t25-,27+/m1/s1. The molecule has 0 saturated carbocycles. The molecule has 0 radical (unpaired) electrons. The molecule has 1 fully saturated rings. The number of benzene rings is 3. The van der Waals surface area contributed by atoms with E-state index in [0.29, 0.717) is 23.3 Å². The predicted octanol–water partition coefficient (Wildman–Crippen LogP) is 6.06. The van der Waals surface area contributed by atoms with E-state index in [2.05, 4.69) is 5.32 Å². The first-order valence-electron chi connectivity index (χ1n) is 13.3. The Kier molecular flexibility index (Phi) is 8.64. The molecule has 232 valence electrons. The number of rotatable bonds is 7. The molecule has 3 aromatic carbocycles. The van der Waals surface area contributed by atoms with Crippen molar-refractivity contribution < 1.29 is 44.7 Å². The van der Waals surface area contributed by atoms with Gasteiger partial charge in [0.15, 0.2) is 9.84 Å². The van der Waals surface area contributed by atoms with E-state index >= 15 is 0 Å². The fourth-order valence-corrected chi connectivity index (χ4v) is 6.33. The molecule has 2 N–H and O–H groups in total. The summed E-state index contributed by atoms with van der Waals surface area (Å²) in [4.78, 5) is 14.9. The van der Waals surface area contributed by atoms with Gasteiger partial charge >= 0.3 is 18.4 Å². The average molecular weight is 629 g/mol. The summed E-state index contributed by atoms with van der Waals surface area (Å²) in [7, 11) is -3.38. The second-order valence-electron chi connectivity index (χ2n) is 10.8. The summed E-state index contributed by atoms with van der Waals surface area (Å²) in [5, 5.41) is 12.6. The zero-order valence-corrected chi connectivity index (χ0v) is 24.0. The molecule has 1 aliphatic heterocycles. The van der Waals surface area contributed by atoms with E-state index in [1.807, 2.05) is 19.1 Å². The summed E-state index contributed by atoms with van der Waals surface area (Å²) in [5.74, 6) is -0.564. The van der Waals surface area contributed by atoms with Gasteiger partial charge in [-0.15, -0.1) is 0 Å². The van der Waals surface area contributed by atoms with Crippen molar-refractivity contribution in [3.63, 3.8) is 0 Å². The van der Waals surface area contributed by atoms with Gasteiger partial charge in [0.2, 0.25) is 0 Å². The Labute approximate surface area is 245 Å². The van der Waals surface area contributed by atoms with Gasteiger partial charge in [0, 0.05) is 36.5 Å². The van der Waals surface area contributed by atoms with Gasteiger partial charge in [-0.1, -0.05) is 80.6 Å². The molecule has 13 heteroatoms. The average Bonchev–Trinajstić information content (AvgIpc) is 3.33. The van der Waals surface area contributed by atoms with E-state index < -0.39 is 50.7 Å². The van der Waals surface area contributed by atoms with Gasteiger partial charge in [-0.05, 0) is 28.8 Å². The monoisotopic (exact) mass is 628 g/mol. The Hall–Kier alpha value is -3.58. The van der Waals surface area contributed by atoms with Gasteiger partial charge in [0.05, 0.1) is 10.6 Å². The summed E-state index contributed by atoms with van der Waals surface area (Å²) in [6.07, 6.45) is -12.0. The minimum absolute atomic E-state index is 0.0480. The third-order valence-electron chi connectivity index (χ3n) is 8.07. The lowest BCUT2D eigenvalue weighted by Gasteiger charge is -2.34. The Balaban J connectivity index is 1.59. The highest BCUT2D eigenvalue weighted by Crippen LogP contribution is 2.51. The maximum Gasteiger partial charge on any atom is 0.430 e.